The molecule has 8 heteroatoms. The molecule has 0 aliphatic carbocycles. The summed E-state index contributed by atoms with van der Waals surface area (Å²) in [5.74, 6) is -0.480. The van der Waals surface area contributed by atoms with Crippen LogP contribution in [0.25, 0.3) is 6.08 Å². The van der Waals surface area contributed by atoms with Crippen LogP contribution >= 0.6 is 50.1 Å². The van der Waals surface area contributed by atoms with Crippen molar-refractivity contribution in [3.05, 3.63) is 60.7 Å². The van der Waals surface area contributed by atoms with Gasteiger partial charge >= 0.3 is 6.03 Å². The second kappa shape index (κ2) is 6.73. The summed E-state index contributed by atoms with van der Waals surface area (Å²) in [5, 5.41) is 13.1. The second-order valence-electron chi connectivity index (χ2n) is 4.93. The molecule has 0 bridgehead atoms. The van der Waals surface area contributed by atoms with Gasteiger partial charge in [-0.2, -0.15) is 0 Å². The second-order valence-corrected chi connectivity index (χ2v) is 7.45. The molecule has 24 heavy (non-hydrogen) atoms. The van der Waals surface area contributed by atoms with E-state index in [2.05, 4.69) is 21.2 Å². The van der Waals surface area contributed by atoms with E-state index in [1.807, 2.05) is 22.6 Å². The number of phenols is 1. The van der Waals surface area contributed by atoms with Crippen LogP contribution in [0.15, 0.2) is 46.6 Å². The van der Waals surface area contributed by atoms with Crippen molar-refractivity contribution >= 4 is 73.8 Å². The number of nitrogens with one attached hydrogen (secondary N) is 1. The molecule has 0 atom stereocenters. The Morgan fingerprint density at radius 2 is 2.00 bits per heavy atom. The molecule has 3 amide bonds. The first-order valence-electron chi connectivity index (χ1n) is 6.67. The normalized spacial score (nSPS) is 16.0. The van der Waals surface area contributed by atoms with Crippen LogP contribution in [-0.2, 0) is 4.79 Å². The van der Waals surface area contributed by atoms with Gasteiger partial charge in [-0.3, -0.25) is 4.79 Å². The first-order chi connectivity index (χ1) is 11.4. The van der Waals surface area contributed by atoms with Gasteiger partial charge in [-0.15, -0.1) is 0 Å². The maximum atomic E-state index is 12.5. The lowest BCUT2D eigenvalue weighted by molar-refractivity contribution is -0.113. The minimum atomic E-state index is -0.572. The molecule has 0 radical (unpaired) electrons. The fraction of sp³-hybridized carbons (Fsp3) is 0. The summed E-state index contributed by atoms with van der Waals surface area (Å²) in [5.41, 5.74) is 0.871. The van der Waals surface area contributed by atoms with E-state index in [4.69, 9.17) is 11.6 Å². The highest BCUT2D eigenvalue weighted by molar-refractivity contribution is 14.1. The minimum Gasteiger partial charge on any atom is -0.506 e. The standard InChI is InChI=1S/C16H9BrClIN2O3/c17-9-4-8(14(22)12(19)6-9)5-13-15(23)21(16(24)20-13)11-3-1-2-10(18)7-11/h1-7,22H,(H,20,24)/b13-5-. The summed E-state index contributed by atoms with van der Waals surface area (Å²) in [4.78, 5) is 25.7. The van der Waals surface area contributed by atoms with Crippen molar-refractivity contribution in [1.82, 2.24) is 5.32 Å². The van der Waals surface area contributed by atoms with Crippen molar-refractivity contribution in [1.29, 1.82) is 0 Å². The van der Waals surface area contributed by atoms with Gasteiger partial charge in [-0.25, -0.2) is 9.69 Å². The third-order valence-corrected chi connectivity index (χ3v) is 4.82. The van der Waals surface area contributed by atoms with Gasteiger partial charge < -0.3 is 10.4 Å². The molecule has 0 unspecified atom stereocenters. The average molecular weight is 520 g/mol. The number of carbonyl (C=O) groups excluding carboxylic acids is 2. The fourth-order valence-corrected chi connectivity index (χ4v) is 3.97. The van der Waals surface area contributed by atoms with Gasteiger partial charge in [0.2, 0.25) is 0 Å². The Balaban J connectivity index is 2.00. The topological polar surface area (TPSA) is 69.6 Å². The zero-order chi connectivity index (χ0) is 17.4. The summed E-state index contributed by atoms with van der Waals surface area (Å²) < 4.78 is 1.37. The number of aromatic hydroxyl groups is 1. The van der Waals surface area contributed by atoms with Gasteiger partial charge in [0.25, 0.3) is 5.91 Å². The summed E-state index contributed by atoms with van der Waals surface area (Å²) in [6, 6.07) is 9.28. The highest BCUT2D eigenvalue weighted by Crippen LogP contribution is 2.31. The van der Waals surface area contributed by atoms with E-state index in [0.717, 1.165) is 9.37 Å². The van der Waals surface area contributed by atoms with Crippen molar-refractivity contribution in [2.75, 3.05) is 4.90 Å². The van der Waals surface area contributed by atoms with Crippen LogP contribution in [0.2, 0.25) is 5.02 Å². The van der Waals surface area contributed by atoms with Gasteiger partial charge in [-0.05, 0) is 59.0 Å². The lowest BCUT2D eigenvalue weighted by Gasteiger charge is -2.11. The number of urea groups is 1. The Labute approximate surface area is 164 Å². The number of amides is 3. The van der Waals surface area contributed by atoms with Gasteiger partial charge in [-0.1, -0.05) is 33.6 Å². The SMILES string of the molecule is O=C1N/C(=C\c2cc(Br)cc(I)c2O)C(=O)N1c1cccc(Cl)c1. The van der Waals surface area contributed by atoms with Crippen molar-refractivity contribution in [2.24, 2.45) is 0 Å². The molecule has 0 spiro atoms. The van der Waals surface area contributed by atoms with E-state index >= 15 is 0 Å². The molecule has 5 nitrogen and oxygen atoms in total. The maximum absolute atomic E-state index is 12.5. The number of imide groups is 1. The van der Waals surface area contributed by atoms with Crippen LogP contribution in [0.5, 0.6) is 5.75 Å². The van der Waals surface area contributed by atoms with Crippen molar-refractivity contribution in [3.63, 3.8) is 0 Å². The third kappa shape index (κ3) is 3.28. The van der Waals surface area contributed by atoms with E-state index in [-0.39, 0.29) is 11.4 Å². The highest BCUT2D eigenvalue weighted by atomic mass is 127. The van der Waals surface area contributed by atoms with E-state index in [1.165, 1.54) is 12.1 Å². The first-order valence-corrected chi connectivity index (χ1v) is 8.92. The zero-order valence-corrected chi connectivity index (χ0v) is 16.4. The molecule has 122 valence electrons. The zero-order valence-electron chi connectivity index (χ0n) is 11.9. The van der Waals surface area contributed by atoms with E-state index in [1.54, 1.807) is 30.3 Å². The summed E-state index contributed by atoms with van der Waals surface area (Å²) in [7, 11) is 0. The molecule has 2 N–H and O–H groups in total. The maximum Gasteiger partial charge on any atom is 0.333 e. The number of hydrogen-bond donors (Lipinski definition) is 2. The minimum absolute atomic E-state index is 0.0366. The van der Waals surface area contributed by atoms with Crippen LogP contribution in [0.1, 0.15) is 5.56 Å². The van der Waals surface area contributed by atoms with Crippen molar-refractivity contribution in [2.45, 2.75) is 0 Å². The number of hydrogen-bond acceptors (Lipinski definition) is 3. The molecular weight excluding hydrogens is 510 g/mol. The van der Waals surface area contributed by atoms with Crippen molar-refractivity contribution < 1.29 is 14.7 Å². The lowest BCUT2D eigenvalue weighted by Crippen LogP contribution is -2.30. The molecule has 1 saturated heterocycles. The molecule has 1 heterocycles. The molecule has 3 rings (SSSR count). The summed E-state index contributed by atoms with van der Waals surface area (Å²) >= 11 is 11.2. The first kappa shape index (κ1) is 17.2. The van der Waals surface area contributed by atoms with Gasteiger partial charge in [0.15, 0.2) is 0 Å². The molecule has 2 aromatic rings. The number of phenolic OH excluding ortho intramolecular Hbond substituents is 1. The Bertz CT molecular complexity index is 901. The van der Waals surface area contributed by atoms with Crippen LogP contribution < -0.4 is 10.2 Å². The Morgan fingerprint density at radius 1 is 1.25 bits per heavy atom. The number of rotatable bonds is 2. The summed E-state index contributed by atoms with van der Waals surface area (Å²) in [6.45, 7) is 0. The molecule has 1 aliphatic heterocycles. The quantitative estimate of drug-likeness (QED) is 0.349. The van der Waals surface area contributed by atoms with Crippen LogP contribution in [0, 0.1) is 3.57 Å². The molecule has 2 aromatic carbocycles. The van der Waals surface area contributed by atoms with E-state index < -0.39 is 11.9 Å². The number of anilines is 1. The fourth-order valence-electron chi connectivity index (χ4n) is 2.24. The average Bonchev–Trinajstić information content (AvgIpc) is 2.78. The molecule has 1 fully saturated rings. The van der Waals surface area contributed by atoms with E-state index in [0.29, 0.717) is 19.8 Å². The Morgan fingerprint density at radius 3 is 2.71 bits per heavy atom. The number of nitrogens with zero attached hydrogens (tertiary/aromatic N) is 1. The smallest absolute Gasteiger partial charge is 0.333 e. The largest absolute Gasteiger partial charge is 0.506 e. The summed E-state index contributed by atoms with van der Waals surface area (Å²) in [6.07, 6.45) is 1.44. The number of halogens is 3. The molecule has 0 aromatic heterocycles. The monoisotopic (exact) mass is 518 g/mol. The number of benzene rings is 2. The lowest BCUT2D eigenvalue weighted by atomic mass is 10.1. The molecule has 0 saturated carbocycles. The number of carbonyl (C=O) groups is 2. The Kier molecular flexibility index (Phi) is 4.84. The molecular formula is C16H9BrClIN2O3. The van der Waals surface area contributed by atoms with E-state index in [9.17, 15) is 14.7 Å². The molecule has 1 aliphatic rings. The predicted octanol–water partition coefficient (Wildman–Crippen LogP) is 4.51. The highest BCUT2D eigenvalue weighted by Gasteiger charge is 2.35. The predicted molar refractivity (Wildman–Crippen MR) is 104 cm³/mol. The third-order valence-electron chi connectivity index (χ3n) is 3.30. The Hall–Kier alpha value is -1.58. The van der Waals surface area contributed by atoms with Crippen molar-refractivity contribution in [3.8, 4) is 5.75 Å². The van der Waals surface area contributed by atoms with Gasteiger partial charge in [0.1, 0.15) is 11.4 Å². The van der Waals surface area contributed by atoms with Gasteiger partial charge in [0.05, 0.1) is 9.26 Å². The van der Waals surface area contributed by atoms with Crippen LogP contribution in [0.4, 0.5) is 10.5 Å². The van der Waals surface area contributed by atoms with Crippen LogP contribution in [-0.4, -0.2) is 17.0 Å². The van der Waals surface area contributed by atoms with Gasteiger partial charge in [0, 0.05) is 15.1 Å². The van der Waals surface area contributed by atoms with Crippen LogP contribution in [0.3, 0.4) is 0 Å².